The van der Waals surface area contributed by atoms with E-state index in [-0.39, 0.29) is 23.9 Å². The molecule has 1 atom stereocenters. The second-order valence-corrected chi connectivity index (χ2v) is 8.04. The van der Waals surface area contributed by atoms with Crippen molar-refractivity contribution in [3.05, 3.63) is 71.1 Å². The van der Waals surface area contributed by atoms with Crippen molar-refractivity contribution in [2.24, 2.45) is 0 Å². The number of unbranched alkanes of at least 4 members (excludes halogenated alkanes) is 1. The molecule has 0 aliphatic carbocycles. The van der Waals surface area contributed by atoms with Crippen LogP contribution in [0, 0.1) is 0 Å². The van der Waals surface area contributed by atoms with Crippen LogP contribution >= 0.6 is 0 Å². The lowest BCUT2D eigenvalue weighted by Gasteiger charge is -2.14. The standard InChI is InChI=1S/C25H24F6N2O2/c1-3-4-6-16(2)23-32-22(33-35-23)18-10-13-21(20(15-18)25(29,30)31)34-14-5-7-17-8-11-19(12-9-17)24(26,27)28/h5,7-13,15-16H,3-4,6,14H2,1-2H3/b7-5-/t16-/m0/s1. The highest BCUT2D eigenvalue weighted by Crippen LogP contribution is 2.38. The minimum absolute atomic E-state index is 0.00246. The smallest absolute Gasteiger partial charge is 0.419 e. The van der Waals surface area contributed by atoms with Crippen LogP contribution in [-0.2, 0) is 12.4 Å². The molecule has 3 rings (SSSR count). The van der Waals surface area contributed by atoms with Gasteiger partial charge in [-0.25, -0.2) is 0 Å². The van der Waals surface area contributed by atoms with Crippen LogP contribution in [0.3, 0.4) is 0 Å². The summed E-state index contributed by atoms with van der Waals surface area (Å²) in [6, 6.07) is 7.87. The summed E-state index contributed by atoms with van der Waals surface area (Å²) >= 11 is 0. The van der Waals surface area contributed by atoms with Crippen molar-refractivity contribution < 1.29 is 35.6 Å². The van der Waals surface area contributed by atoms with E-state index in [4.69, 9.17) is 9.26 Å². The highest BCUT2D eigenvalue weighted by molar-refractivity contribution is 5.59. The predicted octanol–water partition coefficient (Wildman–Crippen LogP) is 8.16. The van der Waals surface area contributed by atoms with Crippen molar-refractivity contribution in [3.63, 3.8) is 0 Å². The van der Waals surface area contributed by atoms with Gasteiger partial charge in [0.15, 0.2) is 0 Å². The maximum absolute atomic E-state index is 13.7. The van der Waals surface area contributed by atoms with Crippen molar-refractivity contribution in [1.82, 2.24) is 10.1 Å². The first-order valence-electron chi connectivity index (χ1n) is 11.0. The number of benzene rings is 2. The Morgan fingerprint density at radius 2 is 1.71 bits per heavy atom. The first kappa shape index (κ1) is 26.3. The summed E-state index contributed by atoms with van der Waals surface area (Å²) in [7, 11) is 0. The van der Waals surface area contributed by atoms with Crippen molar-refractivity contribution in [2.75, 3.05) is 6.61 Å². The van der Waals surface area contributed by atoms with E-state index in [1.165, 1.54) is 36.4 Å². The molecule has 0 saturated carbocycles. The summed E-state index contributed by atoms with van der Waals surface area (Å²) in [5.41, 5.74) is -1.19. The van der Waals surface area contributed by atoms with Gasteiger partial charge in [-0.05, 0) is 48.4 Å². The Kier molecular flexibility index (Phi) is 8.24. The van der Waals surface area contributed by atoms with Gasteiger partial charge in [0.05, 0.1) is 11.1 Å². The van der Waals surface area contributed by atoms with E-state index in [2.05, 4.69) is 17.1 Å². The second-order valence-electron chi connectivity index (χ2n) is 8.04. The number of hydrogen-bond acceptors (Lipinski definition) is 4. The number of alkyl halides is 6. The third kappa shape index (κ3) is 7.10. The lowest BCUT2D eigenvalue weighted by Crippen LogP contribution is -2.09. The SMILES string of the molecule is CCCC[C@H](C)c1nc(-c2ccc(OC/C=C\c3ccc(C(F)(F)F)cc3)c(C(F)(F)F)c2)no1. The summed E-state index contributed by atoms with van der Waals surface area (Å²) in [5, 5.41) is 3.82. The molecule has 0 fully saturated rings. The summed E-state index contributed by atoms with van der Waals surface area (Å²) in [6.07, 6.45) is -3.45. The lowest BCUT2D eigenvalue weighted by molar-refractivity contribution is -0.139. The van der Waals surface area contributed by atoms with Crippen LogP contribution in [0.2, 0.25) is 0 Å². The minimum atomic E-state index is -4.69. The fourth-order valence-electron chi connectivity index (χ4n) is 3.31. The Hall–Kier alpha value is -3.30. The zero-order valence-electron chi connectivity index (χ0n) is 19.1. The number of rotatable bonds is 9. The molecule has 0 bridgehead atoms. The Bertz CT molecular complexity index is 1130. The summed E-state index contributed by atoms with van der Waals surface area (Å²) in [5.74, 6) is 0.0361. The molecule has 1 aromatic heterocycles. The number of aromatic nitrogens is 2. The van der Waals surface area contributed by atoms with Gasteiger partial charge in [-0.1, -0.05) is 50.1 Å². The Labute approximate surface area is 198 Å². The fraction of sp³-hybridized carbons (Fsp3) is 0.360. The van der Waals surface area contributed by atoms with Gasteiger partial charge in [-0.15, -0.1) is 0 Å². The van der Waals surface area contributed by atoms with Crippen LogP contribution in [0.25, 0.3) is 17.5 Å². The van der Waals surface area contributed by atoms with E-state index in [0.717, 1.165) is 37.5 Å². The van der Waals surface area contributed by atoms with Gasteiger partial charge in [-0.2, -0.15) is 31.3 Å². The average Bonchev–Trinajstić information content (AvgIpc) is 3.30. The maximum atomic E-state index is 13.7. The van der Waals surface area contributed by atoms with E-state index in [9.17, 15) is 26.3 Å². The monoisotopic (exact) mass is 498 g/mol. The van der Waals surface area contributed by atoms with Crippen molar-refractivity contribution >= 4 is 6.08 Å². The van der Waals surface area contributed by atoms with Gasteiger partial charge in [0.25, 0.3) is 0 Å². The molecule has 0 aliphatic heterocycles. The normalized spacial score (nSPS) is 13.4. The number of hydrogen-bond donors (Lipinski definition) is 0. The van der Waals surface area contributed by atoms with Crippen LogP contribution < -0.4 is 4.74 Å². The third-order valence-corrected chi connectivity index (χ3v) is 5.28. The molecular weight excluding hydrogens is 474 g/mol. The maximum Gasteiger partial charge on any atom is 0.419 e. The molecule has 0 radical (unpaired) electrons. The summed E-state index contributed by atoms with van der Waals surface area (Å²) in [4.78, 5) is 4.25. The van der Waals surface area contributed by atoms with Crippen LogP contribution in [0.5, 0.6) is 5.75 Å². The molecule has 0 unspecified atom stereocenters. The Balaban J connectivity index is 1.72. The van der Waals surface area contributed by atoms with Crippen molar-refractivity contribution in [2.45, 2.75) is 51.4 Å². The zero-order chi connectivity index (χ0) is 25.6. The molecule has 0 N–H and O–H groups in total. The molecule has 3 aromatic rings. The fourth-order valence-corrected chi connectivity index (χ4v) is 3.31. The Morgan fingerprint density at radius 1 is 1.00 bits per heavy atom. The van der Waals surface area contributed by atoms with Crippen LogP contribution in [-0.4, -0.2) is 16.7 Å². The van der Waals surface area contributed by atoms with Crippen LogP contribution in [0.15, 0.2) is 53.1 Å². The van der Waals surface area contributed by atoms with Crippen LogP contribution in [0.1, 0.15) is 61.6 Å². The first-order chi connectivity index (χ1) is 16.5. The van der Waals surface area contributed by atoms with E-state index in [1.54, 1.807) is 0 Å². The highest BCUT2D eigenvalue weighted by atomic mass is 19.4. The van der Waals surface area contributed by atoms with Gasteiger partial charge in [0.1, 0.15) is 12.4 Å². The highest BCUT2D eigenvalue weighted by Gasteiger charge is 2.35. The molecule has 0 aliphatic rings. The molecular formula is C25H24F6N2O2. The average molecular weight is 498 g/mol. The number of nitrogens with zero attached hydrogens (tertiary/aromatic N) is 2. The number of halogens is 6. The third-order valence-electron chi connectivity index (χ3n) is 5.28. The van der Waals surface area contributed by atoms with Gasteiger partial charge in [-0.3, -0.25) is 0 Å². The molecule has 188 valence electrons. The van der Waals surface area contributed by atoms with Crippen LogP contribution in [0.4, 0.5) is 26.3 Å². The van der Waals surface area contributed by atoms with E-state index in [1.807, 2.05) is 6.92 Å². The minimum Gasteiger partial charge on any atom is -0.489 e. The second kappa shape index (κ2) is 11.0. The lowest BCUT2D eigenvalue weighted by atomic mass is 10.0. The molecule has 35 heavy (non-hydrogen) atoms. The molecule has 10 heteroatoms. The molecule has 0 saturated heterocycles. The van der Waals surface area contributed by atoms with Crippen molar-refractivity contribution in [1.29, 1.82) is 0 Å². The van der Waals surface area contributed by atoms with Gasteiger partial charge >= 0.3 is 12.4 Å². The molecule has 2 aromatic carbocycles. The van der Waals surface area contributed by atoms with E-state index < -0.39 is 29.2 Å². The molecule has 4 nitrogen and oxygen atoms in total. The molecule has 1 heterocycles. The predicted molar refractivity (Wildman–Crippen MR) is 119 cm³/mol. The van der Waals surface area contributed by atoms with Gasteiger partial charge < -0.3 is 9.26 Å². The first-order valence-corrected chi connectivity index (χ1v) is 11.0. The zero-order valence-corrected chi connectivity index (χ0v) is 19.1. The van der Waals surface area contributed by atoms with Gasteiger partial charge in [0.2, 0.25) is 11.7 Å². The quantitative estimate of drug-likeness (QED) is 0.279. The van der Waals surface area contributed by atoms with Crippen molar-refractivity contribution in [3.8, 4) is 17.1 Å². The summed E-state index contributed by atoms with van der Waals surface area (Å²) in [6.45, 7) is 3.76. The van der Waals surface area contributed by atoms with E-state index in [0.29, 0.717) is 11.5 Å². The molecule has 0 spiro atoms. The Morgan fingerprint density at radius 3 is 2.34 bits per heavy atom. The van der Waals surface area contributed by atoms with E-state index >= 15 is 0 Å². The van der Waals surface area contributed by atoms with Gasteiger partial charge in [0, 0.05) is 11.5 Å². The topological polar surface area (TPSA) is 48.2 Å². The number of ether oxygens (including phenoxy) is 1. The summed E-state index contributed by atoms with van der Waals surface area (Å²) < 4.78 is 89.4. The molecule has 0 amide bonds. The largest absolute Gasteiger partial charge is 0.489 e.